The molecule has 3 rings (SSSR count). The third-order valence-electron chi connectivity index (χ3n) is 4.78. The van der Waals surface area contributed by atoms with E-state index in [1.54, 1.807) is 7.11 Å². The maximum Gasteiger partial charge on any atom is 0.176 e. The molecule has 126 valence electrons. The molecule has 0 spiro atoms. The first kappa shape index (κ1) is 16.3. The van der Waals surface area contributed by atoms with Gasteiger partial charge in [0, 0.05) is 5.39 Å². The lowest BCUT2D eigenvalue weighted by atomic mass is 9.99. The summed E-state index contributed by atoms with van der Waals surface area (Å²) in [5.41, 5.74) is 0.842. The predicted octanol–water partition coefficient (Wildman–Crippen LogP) is 3.65. The molecule has 1 aliphatic heterocycles. The maximum atomic E-state index is 5.90. The molecule has 2 aromatic rings. The number of rotatable bonds is 7. The standard InChI is InChI=1S/C19H28N2O2/c1-15-7-11-21(12-8-15)10-4-9-20-14-17-13-16-5-3-6-18(22-2)19(16)23-17/h3,5-6,13,15,20H,4,7-12,14H2,1-2H3. The van der Waals surface area contributed by atoms with E-state index in [0.29, 0.717) is 0 Å². The molecule has 1 saturated heterocycles. The maximum absolute atomic E-state index is 5.90. The number of nitrogens with one attached hydrogen (secondary N) is 1. The summed E-state index contributed by atoms with van der Waals surface area (Å²) in [6, 6.07) is 8.08. The molecule has 23 heavy (non-hydrogen) atoms. The van der Waals surface area contributed by atoms with Crippen LogP contribution in [0.15, 0.2) is 28.7 Å². The van der Waals surface area contributed by atoms with E-state index in [2.05, 4.69) is 29.3 Å². The Morgan fingerprint density at radius 2 is 2.13 bits per heavy atom. The Morgan fingerprint density at radius 3 is 2.91 bits per heavy atom. The molecular weight excluding hydrogens is 288 g/mol. The summed E-state index contributed by atoms with van der Waals surface area (Å²) >= 11 is 0. The molecule has 4 heteroatoms. The minimum atomic E-state index is 0.773. The Balaban J connectivity index is 1.41. The number of likely N-dealkylation sites (tertiary alicyclic amines) is 1. The highest BCUT2D eigenvalue weighted by Crippen LogP contribution is 2.28. The normalized spacial score (nSPS) is 17.0. The van der Waals surface area contributed by atoms with Crippen molar-refractivity contribution in [3.05, 3.63) is 30.0 Å². The summed E-state index contributed by atoms with van der Waals surface area (Å²) in [5.74, 6) is 2.68. The van der Waals surface area contributed by atoms with Crippen LogP contribution in [0.3, 0.4) is 0 Å². The first-order valence-corrected chi connectivity index (χ1v) is 8.75. The lowest BCUT2D eigenvalue weighted by Gasteiger charge is -2.30. The van der Waals surface area contributed by atoms with Crippen LogP contribution in [-0.2, 0) is 6.54 Å². The second-order valence-corrected chi connectivity index (χ2v) is 6.65. The van der Waals surface area contributed by atoms with Gasteiger partial charge in [-0.05, 0) is 63.5 Å². The average Bonchev–Trinajstić information content (AvgIpc) is 2.99. The van der Waals surface area contributed by atoms with Gasteiger partial charge in [-0.3, -0.25) is 0 Å². The first-order valence-electron chi connectivity index (χ1n) is 8.75. The summed E-state index contributed by atoms with van der Waals surface area (Å²) in [6.45, 7) is 7.90. The summed E-state index contributed by atoms with van der Waals surface area (Å²) < 4.78 is 11.2. The van der Waals surface area contributed by atoms with Crippen LogP contribution >= 0.6 is 0 Å². The number of ether oxygens (including phenoxy) is 1. The Hall–Kier alpha value is -1.52. The predicted molar refractivity (Wildman–Crippen MR) is 93.9 cm³/mol. The lowest BCUT2D eigenvalue weighted by molar-refractivity contribution is 0.190. The Morgan fingerprint density at radius 1 is 1.30 bits per heavy atom. The number of hydrogen-bond acceptors (Lipinski definition) is 4. The van der Waals surface area contributed by atoms with E-state index in [4.69, 9.17) is 9.15 Å². The molecule has 0 unspecified atom stereocenters. The molecule has 1 N–H and O–H groups in total. The van der Waals surface area contributed by atoms with E-state index in [1.165, 1.54) is 38.9 Å². The van der Waals surface area contributed by atoms with Crippen molar-refractivity contribution in [2.45, 2.75) is 32.7 Å². The third-order valence-corrected chi connectivity index (χ3v) is 4.78. The Labute approximate surface area is 138 Å². The number of hydrogen-bond donors (Lipinski definition) is 1. The molecular formula is C19H28N2O2. The fraction of sp³-hybridized carbons (Fsp3) is 0.579. The summed E-state index contributed by atoms with van der Waals surface area (Å²) in [6.07, 6.45) is 3.90. The van der Waals surface area contributed by atoms with Crippen molar-refractivity contribution in [1.82, 2.24) is 10.2 Å². The summed E-state index contributed by atoms with van der Waals surface area (Å²) in [5, 5.41) is 4.59. The molecule has 1 fully saturated rings. The average molecular weight is 316 g/mol. The van der Waals surface area contributed by atoms with Crippen molar-refractivity contribution in [2.75, 3.05) is 33.3 Å². The van der Waals surface area contributed by atoms with Crippen LogP contribution in [-0.4, -0.2) is 38.2 Å². The Kier molecular flexibility index (Phi) is 5.57. The summed E-state index contributed by atoms with van der Waals surface area (Å²) in [7, 11) is 1.68. The number of fused-ring (bicyclic) bond motifs is 1. The zero-order valence-corrected chi connectivity index (χ0v) is 14.3. The topological polar surface area (TPSA) is 37.6 Å². The van der Waals surface area contributed by atoms with Crippen molar-refractivity contribution in [3.63, 3.8) is 0 Å². The molecule has 4 nitrogen and oxygen atoms in total. The van der Waals surface area contributed by atoms with Crippen molar-refractivity contribution in [1.29, 1.82) is 0 Å². The van der Waals surface area contributed by atoms with E-state index in [1.807, 2.05) is 12.1 Å². The van der Waals surface area contributed by atoms with Crippen molar-refractivity contribution >= 4 is 11.0 Å². The largest absolute Gasteiger partial charge is 0.493 e. The molecule has 0 bridgehead atoms. The minimum Gasteiger partial charge on any atom is -0.493 e. The quantitative estimate of drug-likeness (QED) is 0.791. The molecule has 1 aromatic heterocycles. The third kappa shape index (κ3) is 4.27. The fourth-order valence-electron chi connectivity index (χ4n) is 3.26. The van der Waals surface area contributed by atoms with Gasteiger partial charge in [0.25, 0.3) is 0 Å². The molecule has 0 radical (unpaired) electrons. The van der Waals surface area contributed by atoms with Gasteiger partial charge in [-0.1, -0.05) is 19.1 Å². The smallest absolute Gasteiger partial charge is 0.176 e. The van der Waals surface area contributed by atoms with Crippen LogP contribution in [0.25, 0.3) is 11.0 Å². The molecule has 0 amide bonds. The van der Waals surface area contributed by atoms with Gasteiger partial charge < -0.3 is 19.4 Å². The van der Waals surface area contributed by atoms with Crippen molar-refractivity contribution in [2.24, 2.45) is 5.92 Å². The van der Waals surface area contributed by atoms with Crippen LogP contribution in [0, 0.1) is 5.92 Å². The van der Waals surface area contributed by atoms with E-state index in [-0.39, 0.29) is 0 Å². The summed E-state index contributed by atoms with van der Waals surface area (Å²) in [4.78, 5) is 2.59. The van der Waals surface area contributed by atoms with Crippen LogP contribution in [0.5, 0.6) is 5.75 Å². The van der Waals surface area contributed by atoms with Gasteiger partial charge in [-0.2, -0.15) is 0 Å². The van der Waals surface area contributed by atoms with E-state index < -0.39 is 0 Å². The molecule has 1 aliphatic rings. The Bertz CT molecular complexity index is 615. The first-order chi connectivity index (χ1) is 11.3. The van der Waals surface area contributed by atoms with E-state index >= 15 is 0 Å². The number of nitrogens with zero attached hydrogens (tertiary/aromatic N) is 1. The second kappa shape index (κ2) is 7.84. The van der Waals surface area contributed by atoms with Crippen LogP contribution in [0.2, 0.25) is 0 Å². The van der Waals surface area contributed by atoms with Crippen LogP contribution in [0.4, 0.5) is 0 Å². The highest BCUT2D eigenvalue weighted by Gasteiger charge is 2.14. The molecule has 1 aromatic carbocycles. The zero-order valence-electron chi connectivity index (χ0n) is 14.3. The fourth-order valence-corrected chi connectivity index (χ4v) is 3.26. The van der Waals surface area contributed by atoms with Gasteiger partial charge in [0.15, 0.2) is 11.3 Å². The van der Waals surface area contributed by atoms with E-state index in [9.17, 15) is 0 Å². The number of benzene rings is 1. The van der Waals surface area contributed by atoms with Crippen molar-refractivity contribution in [3.8, 4) is 5.75 Å². The van der Waals surface area contributed by atoms with E-state index in [0.717, 1.165) is 41.5 Å². The molecule has 0 atom stereocenters. The number of methoxy groups -OCH3 is 1. The van der Waals surface area contributed by atoms with Gasteiger partial charge in [0.2, 0.25) is 0 Å². The van der Waals surface area contributed by atoms with Gasteiger partial charge in [0.05, 0.1) is 13.7 Å². The number of para-hydroxylation sites is 1. The molecule has 0 saturated carbocycles. The van der Waals surface area contributed by atoms with Crippen LogP contribution < -0.4 is 10.1 Å². The highest BCUT2D eigenvalue weighted by atomic mass is 16.5. The number of furan rings is 1. The van der Waals surface area contributed by atoms with Gasteiger partial charge >= 0.3 is 0 Å². The monoisotopic (exact) mass is 316 g/mol. The molecule has 2 heterocycles. The van der Waals surface area contributed by atoms with Crippen molar-refractivity contribution < 1.29 is 9.15 Å². The lowest BCUT2D eigenvalue weighted by Crippen LogP contribution is -2.34. The SMILES string of the molecule is COc1cccc2cc(CNCCCN3CCC(C)CC3)oc12. The number of piperidine rings is 1. The minimum absolute atomic E-state index is 0.773. The molecule has 0 aliphatic carbocycles. The van der Waals surface area contributed by atoms with Gasteiger partial charge in [-0.25, -0.2) is 0 Å². The second-order valence-electron chi connectivity index (χ2n) is 6.65. The van der Waals surface area contributed by atoms with Gasteiger partial charge in [0.1, 0.15) is 5.76 Å². The van der Waals surface area contributed by atoms with Crippen LogP contribution in [0.1, 0.15) is 31.9 Å². The highest BCUT2D eigenvalue weighted by molar-refractivity contribution is 5.83. The van der Waals surface area contributed by atoms with Gasteiger partial charge in [-0.15, -0.1) is 0 Å². The zero-order chi connectivity index (χ0) is 16.1.